The molecule has 2 amide bonds. The number of amides is 2. The summed E-state index contributed by atoms with van der Waals surface area (Å²) >= 11 is 0. The number of hydrogen-bond donors (Lipinski definition) is 1. The summed E-state index contributed by atoms with van der Waals surface area (Å²) in [6, 6.07) is 13.7. The number of nitrogens with one attached hydrogen (secondary N) is 1. The van der Waals surface area contributed by atoms with Crippen molar-refractivity contribution in [3.05, 3.63) is 89.3 Å². The maximum Gasteiger partial charge on any atom is 0.257 e. The van der Waals surface area contributed by atoms with Gasteiger partial charge in [0, 0.05) is 24.0 Å². The van der Waals surface area contributed by atoms with Gasteiger partial charge in [-0.05, 0) is 75.6 Å². The molecule has 3 aromatic rings. The highest BCUT2D eigenvalue weighted by Crippen LogP contribution is 2.23. The van der Waals surface area contributed by atoms with Crippen molar-refractivity contribution in [1.82, 2.24) is 14.5 Å². The summed E-state index contributed by atoms with van der Waals surface area (Å²) in [4.78, 5) is 28.4. The molecule has 1 heterocycles. The highest BCUT2D eigenvalue weighted by atomic mass is 32.2. The van der Waals surface area contributed by atoms with Crippen molar-refractivity contribution < 1.29 is 22.4 Å². The first-order chi connectivity index (χ1) is 17.5. The van der Waals surface area contributed by atoms with Crippen molar-refractivity contribution in [3.8, 4) is 0 Å². The number of carbonyl (C=O) groups is 2. The summed E-state index contributed by atoms with van der Waals surface area (Å²) in [6.07, 6.45) is 4.56. The normalized spacial score (nSPS) is 12.7. The van der Waals surface area contributed by atoms with Gasteiger partial charge in [0.25, 0.3) is 10.0 Å². The summed E-state index contributed by atoms with van der Waals surface area (Å²) in [7, 11) is -4.20. The second-order valence-electron chi connectivity index (χ2n) is 9.18. The number of anilines is 1. The van der Waals surface area contributed by atoms with E-state index in [1.165, 1.54) is 35.2 Å². The van der Waals surface area contributed by atoms with Gasteiger partial charge in [-0.3, -0.25) is 14.3 Å². The highest BCUT2D eigenvalue weighted by molar-refractivity contribution is 7.93. The maximum absolute atomic E-state index is 13.8. The fourth-order valence-corrected chi connectivity index (χ4v) is 4.55. The molecular weight excluding hydrogens is 495 g/mol. The minimum absolute atomic E-state index is 0.0617. The first-order valence-electron chi connectivity index (χ1n) is 11.9. The van der Waals surface area contributed by atoms with E-state index in [9.17, 15) is 22.4 Å². The predicted octanol–water partition coefficient (Wildman–Crippen LogP) is 4.32. The molecule has 0 saturated carbocycles. The first kappa shape index (κ1) is 27.8. The zero-order valence-electron chi connectivity index (χ0n) is 21.2. The largest absolute Gasteiger partial charge is 0.309 e. The van der Waals surface area contributed by atoms with Crippen molar-refractivity contribution in [2.45, 2.75) is 46.2 Å². The van der Waals surface area contributed by atoms with Crippen LogP contribution in [0.1, 0.15) is 44.9 Å². The van der Waals surface area contributed by atoms with Gasteiger partial charge in [-0.1, -0.05) is 30.3 Å². The average molecular weight is 527 g/mol. The van der Waals surface area contributed by atoms with Gasteiger partial charge in [-0.15, -0.1) is 0 Å². The van der Waals surface area contributed by atoms with Crippen LogP contribution in [0, 0.1) is 11.7 Å². The lowest BCUT2D eigenvalue weighted by Crippen LogP contribution is -2.48. The molecule has 2 aromatic carbocycles. The Morgan fingerprint density at radius 2 is 1.70 bits per heavy atom. The molecule has 8 nitrogen and oxygen atoms in total. The van der Waals surface area contributed by atoms with Gasteiger partial charge < -0.3 is 4.90 Å². The van der Waals surface area contributed by atoms with Crippen LogP contribution in [0.4, 0.5) is 10.1 Å². The van der Waals surface area contributed by atoms with Crippen LogP contribution in [0.25, 0.3) is 6.08 Å². The molecule has 0 aliphatic rings. The second-order valence-corrected chi connectivity index (χ2v) is 10.7. The van der Waals surface area contributed by atoms with Crippen LogP contribution in [0.15, 0.2) is 72.4 Å². The van der Waals surface area contributed by atoms with Crippen LogP contribution in [-0.2, 0) is 26.0 Å². The fourth-order valence-electron chi connectivity index (χ4n) is 3.72. The Morgan fingerprint density at radius 3 is 2.27 bits per heavy atom. The number of aromatic nitrogens is 2. The molecule has 0 spiro atoms. The minimum Gasteiger partial charge on any atom is -0.309 e. The topological polar surface area (TPSA) is 101 Å². The average Bonchev–Trinajstić information content (AvgIpc) is 3.32. The van der Waals surface area contributed by atoms with E-state index in [4.69, 9.17) is 0 Å². The zero-order chi connectivity index (χ0) is 27.2. The summed E-state index contributed by atoms with van der Waals surface area (Å²) in [5.41, 5.74) is 1.63. The zero-order valence-corrected chi connectivity index (χ0v) is 22.0. The molecule has 10 heteroatoms. The molecule has 0 aliphatic heterocycles. The van der Waals surface area contributed by atoms with Crippen LogP contribution in [0.5, 0.6) is 0 Å². The van der Waals surface area contributed by atoms with E-state index >= 15 is 0 Å². The molecule has 3 rings (SSSR count). The van der Waals surface area contributed by atoms with E-state index in [0.717, 1.165) is 5.41 Å². The van der Waals surface area contributed by atoms with Crippen molar-refractivity contribution in [2.75, 3.05) is 4.90 Å². The number of nitrogens with zero attached hydrogens (tertiary/aromatic N) is 3. The van der Waals surface area contributed by atoms with Crippen LogP contribution >= 0.6 is 0 Å². The molecule has 1 N–H and O–H groups in total. The van der Waals surface area contributed by atoms with E-state index in [-0.39, 0.29) is 18.5 Å². The summed E-state index contributed by atoms with van der Waals surface area (Å²) in [5.74, 6) is -3.42. The van der Waals surface area contributed by atoms with Gasteiger partial charge >= 0.3 is 0 Å². The Balaban J connectivity index is 1.92. The molecule has 0 bridgehead atoms. The molecule has 0 radical (unpaired) electrons. The van der Waals surface area contributed by atoms with Crippen molar-refractivity contribution >= 4 is 33.6 Å². The van der Waals surface area contributed by atoms with Crippen LogP contribution in [0.2, 0.25) is 0 Å². The van der Waals surface area contributed by atoms with Gasteiger partial charge in [0.15, 0.2) is 0 Å². The number of halogens is 1. The third kappa shape index (κ3) is 7.60. The van der Waals surface area contributed by atoms with Gasteiger partial charge in [0.05, 0.1) is 11.6 Å². The lowest BCUT2D eigenvalue weighted by molar-refractivity contribution is -0.132. The van der Waals surface area contributed by atoms with Crippen LogP contribution in [0.3, 0.4) is 0 Å². The van der Waals surface area contributed by atoms with Crippen molar-refractivity contribution in [3.63, 3.8) is 0 Å². The Bertz CT molecular complexity index is 1350. The Kier molecular flexibility index (Phi) is 8.99. The van der Waals surface area contributed by atoms with Crippen LogP contribution < -0.4 is 9.62 Å². The van der Waals surface area contributed by atoms with Crippen molar-refractivity contribution in [2.24, 2.45) is 5.92 Å². The Labute approximate surface area is 216 Å². The maximum atomic E-state index is 13.8. The standard InChI is InChI=1S/C27H31FN4O4S/c1-19(2)31-18-22(17-29-31)16-25(27(34)32(20(3)4)24-12-10-23(28)11-13-24)26(33)30-37(35,36)15-14-21-8-6-5-7-9-21/h5-15,17-20,25H,16H2,1-4H3,(H,30,33). The molecule has 37 heavy (non-hydrogen) atoms. The Morgan fingerprint density at radius 1 is 1.05 bits per heavy atom. The molecule has 196 valence electrons. The lowest BCUT2D eigenvalue weighted by atomic mass is 9.98. The second kappa shape index (κ2) is 12.0. The van der Waals surface area contributed by atoms with Gasteiger partial charge in [-0.25, -0.2) is 17.5 Å². The summed E-state index contributed by atoms with van der Waals surface area (Å²) in [5, 5.41) is 5.15. The van der Waals surface area contributed by atoms with Gasteiger partial charge in [0.1, 0.15) is 11.7 Å². The minimum atomic E-state index is -4.20. The first-order valence-corrected chi connectivity index (χ1v) is 13.4. The highest BCUT2D eigenvalue weighted by Gasteiger charge is 2.35. The number of hydrogen-bond acceptors (Lipinski definition) is 5. The molecule has 1 unspecified atom stereocenters. The van der Waals surface area contributed by atoms with E-state index in [1.54, 1.807) is 61.3 Å². The van der Waals surface area contributed by atoms with E-state index in [1.807, 2.05) is 18.6 Å². The van der Waals surface area contributed by atoms with E-state index in [2.05, 4.69) is 5.10 Å². The number of sulfonamides is 1. The van der Waals surface area contributed by atoms with E-state index < -0.39 is 33.6 Å². The smallest absolute Gasteiger partial charge is 0.257 e. The van der Waals surface area contributed by atoms with Gasteiger partial charge in [0.2, 0.25) is 11.8 Å². The lowest BCUT2D eigenvalue weighted by Gasteiger charge is -2.30. The van der Waals surface area contributed by atoms with Gasteiger partial charge in [-0.2, -0.15) is 5.10 Å². The molecular formula is C27H31FN4O4S. The van der Waals surface area contributed by atoms with Crippen LogP contribution in [-0.4, -0.2) is 36.1 Å². The quantitative estimate of drug-likeness (QED) is 0.397. The molecule has 0 aliphatic carbocycles. The molecule has 0 saturated heterocycles. The predicted molar refractivity (Wildman–Crippen MR) is 141 cm³/mol. The molecule has 0 fully saturated rings. The number of carbonyl (C=O) groups excluding carboxylic acids is 2. The molecule has 1 atom stereocenters. The SMILES string of the molecule is CC(C)N(C(=O)C(Cc1cnn(C(C)C)c1)C(=O)NS(=O)(=O)C=Cc1ccccc1)c1ccc(F)cc1. The third-order valence-corrected chi connectivity index (χ3v) is 6.56. The monoisotopic (exact) mass is 526 g/mol. The number of benzene rings is 2. The summed E-state index contributed by atoms with van der Waals surface area (Å²) < 4.78 is 42.6. The molecule has 1 aromatic heterocycles. The summed E-state index contributed by atoms with van der Waals surface area (Å²) in [6.45, 7) is 7.39. The van der Waals surface area contributed by atoms with E-state index in [0.29, 0.717) is 16.8 Å². The fraction of sp³-hybridized carbons (Fsp3) is 0.296. The third-order valence-electron chi connectivity index (χ3n) is 5.58. The number of rotatable bonds is 10. The Hall–Kier alpha value is -3.79. The van der Waals surface area contributed by atoms with Crippen molar-refractivity contribution in [1.29, 1.82) is 0 Å².